The molecule has 1 saturated heterocycles. The Bertz CT molecular complexity index is 667. The van der Waals surface area contributed by atoms with Crippen molar-refractivity contribution >= 4 is 5.91 Å². The van der Waals surface area contributed by atoms with Crippen LogP contribution in [0.15, 0.2) is 24.8 Å². The summed E-state index contributed by atoms with van der Waals surface area (Å²) >= 11 is 0. The summed E-state index contributed by atoms with van der Waals surface area (Å²) in [4.78, 5) is 23.1. The van der Waals surface area contributed by atoms with Crippen LogP contribution in [0.4, 0.5) is 0 Å². The number of carbonyl (C=O) groups excluding carboxylic acids is 1. The van der Waals surface area contributed by atoms with Crippen LogP contribution in [0.5, 0.6) is 0 Å². The second-order valence-corrected chi connectivity index (χ2v) is 5.95. The van der Waals surface area contributed by atoms with Crippen LogP contribution < -0.4 is 0 Å². The van der Waals surface area contributed by atoms with E-state index in [1.807, 2.05) is 11.8 Å². The molecule has 3 heterocycles. The molecule has 1 atom stereocenters. The van der Waals surface area contributed by atoms with Gasteiger partial charge in [0.15, 0.2) is 0 Å². The molecule has 0 unspecified atom stereocenters. The standard InChI is InChI=1S/C16H21N5O2/c1-12-6-18-15(8-17-12)5-13-9-21(3-4-23-11-13)16(22)14-7-19-20(2)10-14/h6-8,10,13H,3-5,9,11H2,1-2H3/t13-/m1/s1. The van der Waals surface area contributed by atoms with Gasteiger partial charge in [-0.3, -0.25) is 19.4 Å². The van der Waals surface area contributed by atoms with Crippen molar-refractivity contribution in [2.24, 2.45) is 13.0 Å². The van der Waals surface area contributed by atoms with Crippen molar-refractivity contribution in [3.63, 3.8) is 0 Å². The Balaban J connectivity index is 1.68. The van der Waals surface area contributed by atoms with Crippen LogP contribution in [0.3, 0.4) is 0 Å². The van der Waals surface area contributed by atoms with E-state index in [2.05, 4.69) is 15.1 Å². The molecule has 0 N–H and O–H groups in total. The number of aromatic nitrogens is 4. The largest absolute Gasteiger partial charge is 0.379 e. The van der Waals surface area contributed by atoms with Crippen LogP contribution in [0.2, 0.25) is 0 Å². The number of hydrogen-bond donors (Lipinski definition) is 0. The third kappa shape index (κ3) is 3.92. The van der Waals surface area contributed by atoms with Crippen LogP contribution in [0, 0.1) is 12.8 Å². The third-order valence-electron chi connectivity index (χ3n) is 3.91. The minimum Gasteiger partial charge on any atom is -0.379 e. The van der Waals surface area contributed by atoms with Gasteiger partial charge in [-0.05, 0) is 13.3 Å². The van der Waals surface area contributed by atoms with Crippen molar-refractivity contribution in [1.82, 2.24) is 24.6 Å². The number of amides is 1. The molecule has 0 bridgehead atoms. The Morgan fingerprint density at radius 3 is 2.91 bits per heavy atom. The Morgan fingerprint density at radius 2 is 2.22 bits per heavy atom. The van der Waals surface area contributed by atoms with Gasteiger partial charge in [0, 0.05) is 44.6 Å². The molecular weight excluding hydrogens is 294 g/mol. The minimum atomic E-state index is 0.00332. The van der Waals surface area contributed by atoms with Crippen molar-refractivity contribution in [3.8, 4) is 0 Å². The molecule has 1 fully saturated rings. The fraction of sp³-hybridized carbons (Fsp3) is 0.500. The summed E-state index contributed by atoms with van der Waals surface area (Å²) in [6.07, 6.45) is 7.67. The van der Waals surface area contributed by atoms with Crippen LogP contribution in [0.25, 0.3) is 0 Å². The first kappa shape index (κ1) is 15.6. The van der Waals surface area contributed by atoms with E-state index in [0.717, 1.165) is 17.8 Å². The highest BCUT2D eigenvalue weighted by Crippen LogP contribution is 2.14. The number of ether oxygens (including phenoxy) is 1. The molecule has 7 nitrogen and oxygen atoms in total. The van der Waals surface area contributed by atoms with E-state index < -0.39 is 0 Å². The maximum Gasteiger partial charge on any atom is 0.257 e. The lowest BCUT2D eigenvalue weighted by molar-refractivity contribution is 0.0737. The van der Waals surface area contributed by atoms with Crippen LogP contribution in [-0.4, -0.2) is 56.9 Å². The highest BCUT2D eigenvalue weighted by atomic mass is 16.5. The maximum absolute atomic E-state index is 12.6. The van der Waals surface area contributed by atoms with E-state index in [0.29, 0.717) is 31.9 Å². The number of nitrogens with zero attached hydrogens (tertiary/aromatic N) is 5. The molecule has 2 aromatic heterocycles. The predicted octanol–water partition coefficient (Wildman–Crippen LogP) is 0.850. The molecule has 7 heteroatoms. The zero-order chi connectivity index (χ0) is 16.2. The average Bonchev–Trinajstić information content (AvgIpc) is 2.84. The SMILES string of the molecule is Cc1cnc(C[C@H]2COCCN(C(=O)c3cnn(C)c3)C2)cn1. The predicted molar refractivity (Wildman–Crippen MR) is 83.9 cm³/mol. The van der Waals surface area contributed by atoms with Gasteiger partial charge in [0.05, 0.1) is 36.4 Å². The summed E-state index contributed by atoms with van der Waals surface area (Å²) in [7, 11) is 1.81. The zero-order valence-electron chi connectivity index (χ0n) is 13.5. The van der Waals surface area contributed by atoms with Crippen molar-refractivity contribution in [1.29, 1.82) is 0 Å². The number of carbonyl (C=O) groups is 1. The molecule has 1 aliphatic rings. The number of aryl methyl sites for hydroxylation is 2. The smallest absolute Gasteiger partial charge is 0.257 e. The summed E-state index contributed by atoms with van der Waals surface area (Å²) in [5, 5.41) is 4.07. The topological polar surface area (TPSA) is 73.1 Å². The van der Waals surface area contributed by atoms with Gasteiger partial charge in [-0.25, -0.2) is 0 Å². The van der Waals surface area contributed by atoms with Gasteiger partial charge in [-0.1, -0.05) is 0 Å². The molecule has 0 saturated carbocycles. The van der Waals surface area contributed by atoms with Crippen molar-refractivity contribution in [2.75, 3.05) is 26.3 Å². The second-order valence-electron chi connectivity index (χ2n) is 5.95. The molecule has 3 rings (SSSR count). The van der Waals surface area contributed by atoms with E-state index >= 15 is 0 Å². The van der Waals surface area contributed by atoms with Gasteiger partial charge in [0.1, 0.15) is 0 Å². The molecule has 122 valence electrons. The fourth-order valence-electron chi connectivity index (χ4n) is 2.72. The monoisotopic (exact) mass is 315 g/mol. The molecule has 0 radical (unpaired) electrons. The van der Waals surface area contributed by atoms with E-state index in [-0.39, 0.29) is 11.8 Å². The molecule has 1 amide bonds. The van der Waals surface area contributed by atoms with Crippen molar-refractivity contribution in [3.05, 3.63) is 41.7 Å². The van der Waals surface area contributed by atoms with E-state index in [1.54, 1.807) is 36.5 Å². The van der Waals surface area contributed by atoms with Crippen LogP contribution in [0.1, 0.15) is 21.7 Å². The van der Waals surface area contributed by atoms with Crippen LogP contribution in [-0.2, 0) is 18.2 Å². The lowest BCUT2D eigenvalue weighted by Crippen LogP contribution is -2.36. The first-order valence-corrected chi connectivity index (χ1v) is 7.75. The molecule has 2 aromatic rings. The first-order valence-electron chi connectivity index (χ1n) is 7.75. The van der Waals surface area contributed by atoms with Crippen LogP contribution >= 0.6 is 0 Å². The summed E-state index contributed by atoms with van der Waals surface area (Å²) in [6.45, 7) is 4.36. The molecular formula is C16H21N5O2. The Labute approximate surface area is 135 Å². The average molecular weight is 315 g/mol. The van der Waals surface area contributed by atoms with E-state index in [4.69, 9.17) is 4.74 Å². The van der Waals surface area contributed by atoms with Gasteiger partial charge in [-0.15, -0.1) is 0 Å². The normalized spacial score (nSPS) is 18.7. The number of rotatable bonds is 3. The summed E-state index contributed by atoms with van der Waals surface area (Å²) in [5.41, 5.74) is 2.45. The Kier molecular flexibility index (Phi) is 4.66. The maximum atomic E-state index is 12.6. The number of hydrogen-bond acceptors (Lipinski definition) is 5. The van der Waals surface area contributed by atoms with E-state index in [1.165, 1.54) is 0 Å². The van der Waals surface area contributed by atoms with Gasteiger partial charge >= 0.3 is 0 Å². The van der Waals surface area contributed by atoms with Gasteiger partial charge in [0.25, 0.3) is 5.91 Å². The quantitative estimate of drug-likeness (QED) is 0.839. The summed E-state index contributed by atoms with van der Waals surface area (Å²) < 4.78 is 7.30. The second kappa shape index (κ2) is 6.87. The van der Waals surface area contributed by atoms with Gasteiger partial charge < -0.3 is 9.64 Å². The summed E-state index contributed by atoms with van der Waals surface area (Å²) in [6, 6.07) is 0. The third-order valence-corrected chi connectivity index (χ3v) is 3.91. The molecule has 0 spiro atoms. The Hall–Kier alpha value is -2.28. The van der Waals surface area contributed by atoms with Gasteiger partial charge in [-0.2, -0.15) is 5.10 Å². The fourth-order valence-corrected chi connectivity index (χ4v) is 2.72. The van der Waals surface area contributed by atoms with Gasteiger partial charge in [0.2, 0.25) is 0 Å². The van der Waals surface area contributed by atoms with Crippen molar-refractivity contribution < 1.29 is 9.53 Å². The van der Waals surface area contributed by atoms with Crippen molar-refractivity contribution in [2.45, 2.75) is 13.3 Å². The minimum absolute atomic E-state index is 0.00332. The molecule has 0 aliphatic carbocycles. The molecule has 0 aromatic carbocycles. The molecule has 23 heavy (non-hydrogen) atoms. The highest BCUT2D eigenvalue weighted by Gasteiger charge is 2.24. The highest BCUT2D eigenvalue weighted by molar-refractivity contribution is 5.93. The lowest BCUT2D eigenvalue weighted by Gasteiger charge is -2.23. The summed E-state index contributed by atoms with van der Waals surface area (Å²) in [5.74, 6) is 0.221. The molecule has 1 aliphatic heterocycles. The Morgan fingerprint density at radius 1 is 1.35 bits per heavy atom. The van der Waals surface area contributed by atoms with E-state index in [9.17, 15) is 4.79 Å². The zero-order valence-corrected chi connectivity index (χ0v) is 13.5. The first-order chi connectivity index (χ1) is 11.1. The lowest BCUT2D eigenvalue weighted by atomic mass is 10.0.